The number of terminal acetylenes is 1. The summed E-state index contributed by atoms with van der Waals surface area (Å²) < 4.78 is 0. The third-order valence-electron chi connectivity index (χ3n) is 4.57. The first-order valence-corrected chi connectivity index (χ1v) is 14.3. The summed E-state index contributed by atoms with van der Waals surface area (Å²) in [6, 6.07) is 22.0. The van der Waals surface area contributed by atoms with Gasteiger partial charge in [-0.05, 0) is 122 Å². The lowest BCUT2D eigenvalue weighted by molar-refractivity contribution is 1.47. The van der Waals surface area contributed by atoms with Crippen molar-refractivity contribution in [2.45, 2.75) is 16.7 Å². The van der Waals surface area contributed by atoms with Crippen LogP contribution in [0.5, 0.6) is 0 Å². The highest BCUT2D eigenvalue weighted by molar-refractivity contribution is 8.79. The third kappa shape index (κ3) is 8.35. The second kappa shape index (κ2) is 12.3. The van der Waals surface area contributed by atoms with Crippen LogP contribution in [0.2, 0.25) is 0 Å². The lowest BCUT2D eigenvalue weighted by Gasteiger charge is -2.18. The zero-order valence-corrected chi connectivity index (χ0v) is 22.3. The van der Waals surface area contributed by atoms with Gasteiger partial charge < -0.3 is 22.9 Å². The second-order valence-corrected chi connectivity index (χ2v) is 14.6. The van der Waals surface area contributed by atoms with Crippen LogP contribution in [0.3, 0.4) is 0 Å². The van der Waals surface area contributed by atoms with E-state index in [9.17, 15) is 0 Å². The number of hydrogen-bond donors (Lipinski definition) is 5. The number of rotatable bonds is 1. The highest BCUT2D eigenvalue weighted by Gasteiger charge is 2.20. The van der Waals surface area contributed by atoms with Gasteiger partial charge in [0.05, 0.1) is 4.90 Å². The van der Waals surface area contributed by atoms with Crippen molar-refractivity contribution >= 4 is 85.9 Å². The molecule has 0 aliphatic carbocycles. The minimum Gasteiger partial charge on any atom is -0.399 e. The lowest BCUT2D eigenvalue weighted by atomic mass is 10.1. The molecule has 4 nitrogen and oxygen atoms in total. The third-order valence-corrected chi connectivity index (χ3v) is 7.20. The Labute approximate surface area is 220 Å². The molecular weight excluding hydrogens is 527 g/mol. The van der Waals surface area contributed by atoms with Crippen LogP contribution >= 0.6 is 52.3 Å². The Morgan fingerprint density at radius 2 is 1.35 bits per heavy atom. The molecule has 4 aromatic rings. The van der Waals surface area contributed by atoms with Crippen molar-refractivity contribution in [1.82, 2.24) is 0 Å². The molecule has 0 unspecified atom stereocenters. The predicted octanol–water partition coefficient (Wildman–Crippen LogP) is 7.75. The molecule has 0 radical (unpaired) electrons. The van der Waals surface area contributed by atoms with E-state index < -0.39 is 7.67 Å². The Balaban J connectivity index is 0.000000194. The molecule has 8 N–H and O–H groups in total. The van der Waals surface area contributed by atoms with Gasteiger partial charge in [-0.3, -0.25) is 0 Å². The van der Waals surface area contributed by atoms with Crippen molar-refractivity contribution in [3.8, 4) is 12.3 Å². The molecular formula is C25H25Cl3N4S2. The fourth-order valence-corrected chi connectivity index (χ4v) is 4.76. The minimum absolute atomic E-state index is 0.509. The highest BCUT2D eigenvalue weighted by atomic mass is 36.2. The molecule has 34 heavy (non-hydrogen) atoms. The van der Waals surface area contributed by atoms with E-state index >= 15 is 0 Å². The second-order valence-electron chi connectivity index (χ2n) is 7.21. The van der Waals surface area contributed by atoms with Crippen molar-refractivity contribution in [3.63, 3.8) is 0 Å². The van der Waals surface area contributed by atoms with E-state index in [1.807, 2.05) is 61.5 Å². The standard InChI is InChI=1S/C10H8Cl3NS2.C8H7N.C7H10N2/c11-16(12,13)10-5-7-3-8(15)2-1-6(7)4-9(10)14;1-2-7-3-5-8(9)6-4-7;1-5-4-6(8)2-3-7(5)9/h1-5,15H,14H2;1,3-6H,9H2;2-4H,8-9H2,1H3. The molecule has 0 saturated carbocycles. The van der Waals surface area contributed by atoms with E-state index in [0.717, 1.165) is 43.9 Å². The highest BCUT2D eigenvalue weighted by Crippen LogP contribution is 2.71. The maximum absolute atomic E-state index is 5.92. The topological polar surface area (TPSA) is 104 Å². The molecule has 0 heterocycles. The quantitative estimate of drug-likeness (QED) is 0.0947. The monoisotopic (exact) mass is 550 g/mol. The van der Waals surface area contributed by atoms with Gasteiger partial charge in [0.25, 0.3) is 0 Å². The summed E-state index contributed by atoms with van der Waals surface area (Å²) in [5.74, 6) is 2.50. The molecule has 0 saturated heterocycles. The number of aryl methyl sites for hydroxylation is 1. The van der Waals surface area contributed by atoms with Crippen LogP contribution in [0.1, 0.15) is 11.1 Å². The van der Waals surface area contributed by atoms with Gasteiger partial charge in [0.1, 0.15) is 0 Å². The van der Waals surface area contributed by atoms with Crippen LogP contribution in [0, 0.1) is 19.3 Å². The normalized spacial score (nSPS) is 10.8. The molecule has 0 aliphatic heterocycles. The Morgan fingerprint density at radius 1 is 0.735 bits per heavy atom. The van der Waals surface area contributed by atoms with Crippen LogP contribution < -0.4 is 22.9 Å². The van der Waals surface area contributed by atoms with Gasteiger partial charge in [-0.2, -0.15) is 0 Å². The Bertz CT molecular complexity index is 1320. The summed E-state index contributed by atoms with van der Waals surface area (Å²) in [6.07, 6.45) is 5.11. The van der Waals surface area contributed by atoms with Crippen molar-refractivity contribution in [1.29, 1.82) is 0 Å². The first-order valence-electron chi connectivity index (χ1n) is 9.79. The Kier molecular flexibility index (Phi) is 9.99. The molecule has 0 amide bonds. The van der Waals surface area contributed by atoms with E-state index in [-0.39, 0.29) is 0 Å². The number of halogens is 3. The molecule has 0 bridgehead atoms. The summed E-state index contributed by atoms with van der Waals surface area (Å²) in [4.78, 5) is 1.44. The van der Waals surface area contributed by atoms with Crippen LogP contribution in [0.4, 0.5) is 22.7 Å². The average Bonchev–Trinajstić information content (AvgIpc) is 2.77. The zero-order chi connectivity index (χ0) is 25.5. The molecule has 4 aromatic carbocycles. The Morgan fingerprint density at radius 3 is 1.88 bits per heavy atom. The van der Waals surface area contributed by atoms with E-state index in [0.29, 0.717) is 10.6 Å². The maximum Gasteiger partial charge on any atom is 0.0546 e. The van der Waals surface area contributed by atoms with Gasteiger partial charge in [-0.25, -0.2) is 0 Å². The molecule has 0 aliphatic rings. The Hall–Kier alpha value is -2.53. The SMILES string of the molecule is C#Cc1ccc(N)cc1.Cc1cc(N)ccc1N.Nc1cc2ccc(S)cc2cc1S(Cl)(Cl)Cl. The van der Waals surface area contributed by atoms with Gasteiger partial charge in [-0.1, -0.05) is 12.0 Å². The van der Waals surface area contributed by atoms with Crippen molar-refractivity contribution in [2.24, 2.45) is 0 Å². The number of nitrogens with two attached hydrogens (primary N) is 4. The molecule has 0 atom stereocenters. The number of hydrogen-bond acceptors (Lipinski definition) is 5. The van der Waals surface area contributed by atoms with Crippen LogP contribution in [-0.4, -0.2) is 0 Å². The van der Waals surface area contributed by atoms with Gasteiger partial charge in [0, 0.05) is 40.9 Å². The van der Waals surface area contributed by atoms with E-state index in [4.69, 9.17) is 61.4 Å². The largest absolute Gasteiger partial charge is 0.399 e. The van der Waals surface area contributed by atoms with Crippen molar-refractivity contribution < 1.29 is 0 Å². The number of thiol groups is 1. The van der Waals surface area contributed by atoms with Gasteiger partial charge in [0.2, 0.25) is 0 Å². The molecule has 0 spiro atoms. The van der Waals surface area contributed by atoms with Crippen molar-refractivity contribution in [2.75, 3.05) is 22.9 Å². The van der Waals surface area contributed by atoms with Crippen LogP contribution in [0.15, 0.2) is 82.6 Å². The zero-order valence-electron chi connectivity index (χ0n) is 18.3. The first kappa shape index (κ1) is 27.7. The maximum atomic E-state index is 5.92. The first-order chi connectivity index (χ1) is 15.9. The van der Waals surface area contributed by atoms with Gasteiger partial charge >= 0.3 is 0 Å². The fourth-order valence-electron chi connectivity index (χ4n) is 2.76. The van der Waals surface area contributed by atoms with Gasteiger partial charge in [-0.15, -0.1) is 19.1 Å². The average molecular weight is 552 g/mol. The van der Waals surface area contributed by atoms with Crippen molar-refractivity contribution in [3.05, 3.63) is 83.9 Å². The molecule has 4 rings (SSSR count). The number of benzene rings is 4. The summed E-state index contributed by atoms with van der Waals surface area (Å²) in [7, 11) is 15.4. The van der Waals surface area contributed by atoms with E-state index in [1.165, 1.54) is 0 Å². The van der Waals surface area contributed by atoms with E-state index in [2.05, 4.69) is 18.5 Å². The number of nitrogen functional groups attached to an aromatic ring is 4. The summed E-state index contributed by atoms with van der Waals surface area (Å²) in [5.41, 5.74) is 27.0. The molecule has 9 heteroatoms. The summed E-state index contributed by atoms with van der Waals surface area (Å²) >= 11 is 4.27. The molecule has 0 fully saturated rings. The summed E-state index contributed by atoms with van der Waals surface area (Å²) in [6.45, 7) is 1.94. The molecule has 178 valence electrons. The molecule has 0 aromatic heterocycles. The number of anilines is 4. The van der Waals surface area contributed by atoms with E-state index in [1.54, 1.807) is 18.2 Å². The predicted molar refractivity (Wildman–Crippen MR) is 158 cm³/mol. The van der Waals surface area contributed by atoms with Crippen LogP contribution in [0.25, 0.3) is 10.8 Å². The van der Waals surface area contributed by atoms with Crippen LogP contribution in [-0.2, 0) is 0 Å². The smallest absolute Gasteiger partial charge is 0.0546 e. The van der Waals surface area contributed by atoms with Gasteiger partial charge in [0.15, 0.2) is 0 Å². The minimum atomic E-state index is -2.37. The summed E-state index contributed by atoms with van der Waals surface area (Å²) in [5, 5.41) is 1.98. The number of fused-ring (bicyclic) bond motifs is 1. The fraction of sp³-hybridized carbons (Fsp3) is 0.0400. The lowest BCUT2D eigenvalue weighted by Crippen LogP contribution is -1.91.